The van der Waals surface area contributed by atoms with Crippen molar-refractivity contribution in [3.63, 3.8) is 0 Å². The molecule has 0 amide bonds. The topological polar surface area (TPSA) is 66.2 Å². The Balaban J connectivity index is 1.60. The normalized spacial score (nSPS) is 11.4. The highest BCUT2D eigenvalue weighted by atomic mass is 35.5. The van der Waals surface area contributed by atoms with E-state index in [4.69, 9.17) is 21.1 Å². The van der Waals surface area contributed by atoms with Crippen molar-refractivity contribution in [1.29, 1.82) is 0 Å². The summed E-state index contributed by atoms with van der Waals surface area (Å²) < 4.78 is 52.1. The van der Waals surface area contributed by atoms with Gasteiger partial charge >= 0.3 is 12.1 Å². The third-order valence-electron chi connectivity index (χ3n) is 5.02. The lowest BCUT2D eigenvalue weighted by Gasteiger charge is -2.13. The highest BCUT2D eigenvalue weighted by Gasteiger charge is 2.31. The van der Waals surface area contributed by atoms with E-state index in [2.05, 4.69) is 10.2 Å². The van der Waals surface area contributed by atoms with Crippen molar-refractivity contribution in [3.05, 3.63) is 88.9 Å². The summed E-state index contributed by atoms with van der Waals surface area (Å²) in [5.74, 6) is 0.276. The molecule has 0 bridgehead atoms. The first-order valence-corrected chi connectivity index (χ1v) is 11.9. The number of carbonyl (C=O) groups excluding carboxylic acids is 1. The Bertz CT molecular complexity index is 1360. The number of benzene rings is 3. The molecule has 0 radical (unpaired) electrons. The van der Waals surface area contributed by atoms with Gasteiger partial charge in [-0.05, 0) is 60.2 Å². The van der Waals surface area contributed by atoms with Crippen LogP contribution in [0.5, 0.6) is 5.75 Å². The quantitative estimate of drug-likeness (QED) is 0.191. The summed E-state index contributed by atoms with van der Waals surface area (Å²) in [5.41, 5.74) is 0.729. The van der Waals surface area contributed by atoms with Crippen molar-refractivity contribution in [2.75, 3.05) is 12.9 Å². The number of carbonyl (C=O) groups is 1. The lowest BCUT2D eigenvalue weighted by molar-refractivity contribution is -0.141. The second kappa shape index (κ2) is 11.0. The molecule has 3 aromatic carbocycles. The molecule has 0 N–H and O–H groups in total. The third kappa shape index (κ3) is 6.19. The van der Waals surface area contributed by atoms with Gasteiger partial charge in [-0.15, -0.1) is 10.2 Å². The van der Waals surface area contributed by atoms with Crippen LogP contribution in [0.2, 0.25) is 5.02 Å². The van der Waals surface area contributed by atoms with Gasteiger partial charge in [0.2, 0.25) is 0 Å². The molecule has 0 fully saturated rings. The molecular formula is C25H19ClF3N3O3S. The van der Waals surface area contributed by atoms with Gasteiger partial charge < -0.3 is 9.47 Å². The minimum absolute atomic E-state index is 0.0391. The van der Waals surface area contributed by atoms with Crippen LogP contribution in [0.1, 0.15) is 11.1 Å². The number of halogens is 4. The smallest absolute Gasteiger partial charge is 0.416 e. The molecule has 0 spiro atoms. The number of alkyl halides is 3. The first kappa shape index (κ1) is 25.6. The van der Waals surface area contributed by atoms with Gasteiger partial charge in [0, 0.05) is 10.6 Å². The molecule has 186 valence electrons. The number of esters is 1. The molecule has 4 rings (SSSR count). The highest BCUT2D eigenvalue weighted by molar-refractivity contribution is 7.99. The van der Waals surface area contributed by atoms with Crippen LogP contribution < -0.4 is 4.74 Å². The van der Waals surface area contributed by atoms with Gasteiger partial charge in [0.1, 0.15) is 12.4 Å². The third-order valence-corrected chi connectivity index (χ3v) is 6.16. The van der Waals surface area contributed by atoms with Crippen LogP contribution in [-0.4, -0.2) is 33.6 Å². The van der Waals surface area contributed by atoms with Crippen LogP contribution in [0.4, 0.5) is 13.2 Å². The van der Waals surface area contributed by atoms with Crippen molar-refractivity contribution in [2.45, 2.75) is 17.9 Å². The second-order valence-corrected chi connectivity index (χ2v) is 8.88. The van der Waals surface area contributed by atoms with Crippen LogP contribution in [0.15, 0.2) is 78.0 Å². The lowest BCUT2D eigenvalue weighted by Crippen LogP contribution is -2.09. The summed E-state index contributed by atoms with van der Waals surface area (Å²) in [7, 11) is 1.53. The Hall–Kier alpha value is -3.50. The van der Waals surface area contributed by atoms with Crippen LogP contribution in [0.3, 0.4) is 0 Å². The zero-order valence-electron chi connectivity index (χ0n) is 18.8. The average Bonchev–Trinajstić information content (AvgIpc) is 3.30. The van der Waals surface area contributed by atoms with E-state index in [1.165, 1.54) is 23.8 Å². The average molecular weight is 534 g/mol. The molecule has 1 heterocycles. The molecular weight excluding hydrogens is 515 g/mol. The summed E-state index contributed by atoms with van der Waals surface area (Å²) in [5, 5.41) is 9.10. The van der Waals surface area contributed by atoms with Gasteiger partial charge in [-0.1, -0.05) is 41.6 Å². The van der Waals surface area contributed by atoms with E-state index in [0.717, 1.165) is 29.5 Å². The molecule has 4 aromatic rings. The van der Waals surface area contributed by atoms with Crippen molar-refractivity contribution in [3.8, 4) is 22.8 Å². The molecule has 36 heavy (non-hydrogen) atoms. The van der Waals surface area contributed by atoms with Crippen molar-refractivity contribution in [1.82, 2.24) is 14.8 Å². The summed E-state index contributed by atoms with van der Waals surface area (Å²) in [6.07, 6.45) is -4.53. The summed E-state index contributed by atoms with van der Waals surface area (Å²) in [6, 6.07) is 18.6. The maximum absolute atomic E-state index is 13.4. The van der Waals surface area contributed by atoms with E-state index in [0.29, 0.717) is 22.2 Å². The van der Waals surface area contributed by atoms with Gasteiger partial charge in [0.25, 0.3) is 0 Å². The van der Waals surface area contributed by atoms with Gasteiger partial charge in [0.05, 0.1) is 24.1 Å². The first-order valence-electron chi connectivity index (χ1n) is 10.5. The molecule has 0 saturated carbocycles. The number of rotatable bonds is 8. The fourth-order valence-electron chi connectivity index (χ4n) is 3.30. The lowest BCUT2D eigenvalue weighted by atomic mass is 10.1. The van der Waals surface area contributed by atoms with Crippen molar-refractivity contribution >= 4 is 29.3 Å². The molecule has 0 aliphatic carbocycles. The second-order valence-electron chi connectivity index (χ2n) is 7.50. The molecule has 0 atom stereocenters. The number of nitrogens with zero attached hydrogens (tertiary/aromatic N) is 3. The van der Waals surface area contributed by atoms with Gasteiger partial charge in [0.15, 0.2) is 11.0 Å². The highest BCUT2D eigenvalue weighted by Crippen LogP contribution is 2.33. The van der Waals surface area contributed by atoms with E-state index in [1.807, 2.05) is 0 Å². The predicted octanol–water partition coefficient (Wildman–Crippen LogP) is 6.45. The SMILES string of the molecule is COc1ccc(-c2nnc(SCC(=O)OCc3cccc(Cl)c3)n2-c2cccc(C(F)(F)F)c2)cc1. The Morgan fingerprint density at radius 2 is 1.78 bits per heavy atom. The number of hydrogen-bond acceptors (Lipinski definition) is 6. The maximum Gasteiger partial charge on any atom is 0.416 e. The van der Waals surface area contributed by atoms with Crippen molar-refractivity contribution in [2.24, 2.45) is 0 Å². The standard InChI is InChI=1S/C25H19ClF3N3O3S/c1-34-21-10-8-17(9-11-21)23-30-31-24(32(23)20-7-3-5-18(13-20)25(27,28)29)36-15-22(33)35-14-16-4-2-6-19(26)12-16/h2-13H,14-15H2,1H3. The minimum Gasteiger partial charge on any atom is -0.497 e. The zero-order valence-corrected chi connectivity index (χ0v) is 20.4. The Kier molecular flexibility index (Phi) is 7.85. The monoisotopic (exact) mass is 533 g/mol. The largest absolute Gasteiger partial charge is 0.497 e. The first-order chi connectivity index (χ1) is 17.2. The maximum atomic E-state index is 13.4. The zero-order chi connectivity index (χ0) is 25.7. The van der Waals surface area contributed by atoms with E-state index < -0.39 is 17.7 Å². The predicted molar refractivity (Wildman–Crippen MR) is 130 cm³/mol. The van der Waals surface area contributed by atoms with E-state index in [9.17, 15) is 18.0 Å². The van der Waals surface area contributed by atoms with Crippen molar-refractivity contribution < 1.29 is 27.4 Å². The van der Waals surface area contributed by atoms with E-state index >= 15 is 0 Å². The van der Waals surface area contributed by atoms with Crippen LogP contribution in [0.25, 0.3) is 17.1 Å². The molecule has 0 aliphatic heterocycles. The Morgan fingerprint density at radius 3 is 2.47 bits per heavy atom. The summed E-state index contributed by atoms with van der Waals surface area (Å²) in [4.78, 5) is 12.4. The molecule has 6 nitrogen and oxygen atoms in total. The minimum atomic E-state index is -4.53. The summed E-state index contributed by atoms with van der Waals surface area (Å²) in [6.45, 7) is 0.0391. The van der Waals surface area contributed by atoms with Crippen LogP contribution in [0, 0.1) is 0 Å². The van der Waals surface area contributed by atoms with Crippen LogP contribution >= 0.6 is 23.4 Å². The van der Waals surface area contributed by atoms with Gasteiger partial charge in [-0.3, -0.25) is 9.36 Å². The summed E-state index contributed by atoms with van der Waals surface area (Å²) >= 11 is 6.95. The molecule has 11 heteroatoms. The molecule has 0 aliphatic rings. The fourth-order valence-corrected chi connectivity index (χ4v) is 4.26. The Labute approximate surface area is 214 Å². The number of thioether (sulfide) groups is 1. The fraction of sp³-hybridized carbons (Fsp3) is 0.160. The van der Waals surface area contributed by atoms with Gasteiger partial charge in [-0.25, -0.2) is 0 Å². The molecule has 1 aromatic heterocycles. The number of ether oxygens (including phenoxy) is 2. The molecule has 0 saturated heterocycles. The van der Waals surface area contributed by atoms with E-state index in [1.54, 1.807) is 48.5 Å². The number of methoxy groups -OCH3 is 1. The van der Waals surface area contributed by atoms with E-state index in [-0.39, 0.29) is 23.2 Å². The number of aromatic nitrogens is 3. The molecule has 0 unspecified atom stereocenters. The number of hydrogen-bond donors (Lipinski definition) is 0. The van der Waals surface area contributed by atoms with Crippen LogP contribution in [-0.2, 0) is 22.3 Å². The van der Waals surface area contributed by atoms with Gasteiger partial charge in [-0.2, -0.15) is 13.2 Å². The Morgan fingerprint density at radius 1 is 1.03 bits per heavy atom.